The smallest absolute Gasteiger partial charge is 0.205 e. The van der Waals surface area contributed by atoms with Crippen molar-refractivity contribution < 1.29 is 23.8 Å². The number of aromatic hydroxyl groups is 1. The van der Waals surface area contributed by atoms with Crippen LogP contribution < -0.4 is 9.47 Å². The Morgan fingerprint density at radius 2 is 1.86 bits per heavy atom. The fourth-order valence-corrected chi connectivity index (χ4v) is 3.18. The Bertz CT molecular complexity index is 1220. The Balaban J connectivity index is 1.77. The minimum atomic E-state index is -0.439. The number of pyridine rings is 1. The third kappa shape index (κ3) is 2.85. The number of nitrogens with zero attached hydrogens (tertiary/aromatic N) is 1. The molecule has 0 aliphatic heterocycles. The van der Waals surface area contributed by atoms with Gasteiger partial charge in [-0.25, -0.2) is 4.98 Å². The van der Waals surface area contributed by atoms with E-state index in [1.165, 1.54) is 26.6 Å². The molecular weight excluding hydrogens is 358 g/mol. The van der Waals surface area contributed by atoms with Gasteiger partial charge in [0, 0.05) is 5.39 Å². The second-order valence-electron chi connectivity index (χ2n) is 6.08. The van der Waals surface area contributed by atoms with Gasteiger partial charge in [-0.15, -0.1) is 0 Å². The molecule has 140 valence electrons. The number of benzene rings is 2. The van der Waals surface area contributed by atoms with Crippen LogP contribution in [0, 0.1) is 0 Å². The van der Waals surface area contributed by atoms with Crippen molar-refractivity contribution in [2.75, 3.05) is 14.2 Å². The predicted molar refractivity (Wildman–Crippen MR) is 106 cm³/mol. The second-order valence-corrected chi connectivity index (χ2v) is 6.08. The number of carbonyl (C=O) groups is 1. The fraction of sp³-hybridized carbons (Fsp3) is 0.0909. The molecule has 4 rings (SSSR count). The zero-order chi connectivity index (χ0) is 19.7. The van der Waals surface area contributed by atoms with E-state index >= 15 is 0 Å². The third-order valence-corrected chi connectivity index (χ3v) is 4.48. The first kappa shape index (κ1) is 17.6. The molecule has 0 amide bonds. The van der Waals surface area contributed by atoms with E-state index < -0.39 is 5.78 Å². The van der Waals surface area contributed by atoms with Crippen LogP contribution in [-0.4, -0.2) is 30.1 Å². The van der Waals surface area contributed by atoms with Gasteiger partial charge in [-0.1, -0.05) is 24.3 Å². The molecule has 6 nitrogen and oxygen atoms in total. The standard InChI is InChI=1S/C22H17NO5/c1-26-20-15-11-12-28-21(15)22(27-2)19(25)18(20)17(24)10-9-14-8-7-13-5-3-4-6-16(13)23-14/h3-12,25H,1-2H3/b10-9+. The summed E-state index contributed by atoms with van der Waals surface area (Å²) >= 11 is 0. The van der Waals surface area contributed by atoms with Crippen LogP contribution in [-0.2, 0) is 0 Å². The highest BCUT2D eigenvalue weighted by Crippen LogP contribution is 2.45. The van der Waals surface area contributed by atoms with E-state index in [4.69, 9.17) is 13.9 Å². The number of ether oxygens (including phenoxy) is 2. The second kappa shape index (κ2) is 7.08. The van der Waals surface area contributed by atoms with Crippen LogP contribution >= 0.6 is 0 Å². The van der Waals surface area contributed by atoms with Crippen molar-refractivity contribution in [2.45, 2.75) is 0 Å². The number of hydrogen-bond donors (Lipinski definition) is 1. The van der Waals surface area contributed by atoms with Crippen molar-refractivity contribution in [3.05, 3.63) is 66.1 Å². The largest absolute Gasteiger partial charge is 0.504 e. The highest BCUT2D eigenvalue weighted by Gasteiger charge is 2.26. The summed E-state index contributed by atoms with van der Waals surface area (Å²) in [5, 5.41) is 12.1. The molecular formula is C22H17NO5. The number of furan rings is 1. The summed E-state index contributed by atoms with van der Waals surface area (Å²) in [5.41, 5.74) is 1.78. The highest BCUT2D eigenvalue weighted by molar-refractivity contribution is 6.15. The minimum absolute atomic E-state index is 0.00490. The fourth-order valence-electron chi connectivity index (χ4n) is 3.18. The lowest BCUT2D eigenvalue weighted by molar-refractivity contribution is 0.104. The lowest BCUT2D eigenvalue weighted by atomic mass is 10.0. The maximum atomic E-state index is 12.9. The number of phenols is 1. The molecule has 0 saturated heterocycles. The molecule has 0 aliphatic carbocycles. The van der Waals surface area contributed by atoms with Gasteiger partial charge in [-0.2, -0.15) is 0 Å². The molecule has 0 radical (unpaired) electrons. The molecule has 28 heavy (non-hydrogen) atoms. The van der Waals surface area contributed by atoms with Crippen LogP contribution in [0.2, 0.25) is 0 Å². The van der Waals surface area contributed by atoms with E-state index in [1.54, 1.807) is 12.1 Å². The van der Waals surface area contributed by atoms with E-state index in [9.17, 15) is 9.90 Å². The average Bonchev–Trinajstić information content (AvgIpc) is 3.20. The summed E-state index contributed by atoms with van der Waals surface area (Å²) in [5.74, 6) is -0.460. The number of ketones is 1. The maximum absolute atomic E-state index is 12.9. The van der Waals surface area contributed by atoms with Crippen LogP contribution in [0.15, 0.2) is 59.2 Å². The summed E-state index contributed by atoms with van der Waals surface area (Å²) in [6.07, 6.45) is 4.39. The van der Waals surface area contributed by atoms with Gasteiger partial charge in [-0.05, 0) is 30.4 Å². The van der Waals surface area contributed by atoms with Crippen molar-refractivity contribution in [2.24, 2.45) is 0 Å². The molecule has 2 aromatic carbocycles. The number of rotatable bonds is 5. The lowest BCUT2D eigenvalue weighted by Crippen LogP contribution is -2.02. The van der Waals surface area contributed by atoms with E-state index in [-0.39, 0.29) is 22.8 Å². The van der Waals surface area contributed by atoms with Crippen LogP contribution in [0.5, 0.6) is 17.2 Å². The van der Waals surface area contributed by atoms with Crippen LogP contribution in [0.3, 0.4) is 0 Å². The number of hydrogen-bond acceptors (Lipinski definition) is 6. The van der Waals surface area contributed by atoms with E-state index in [0.717, 1.165) is 10.9 Å². The number of fused-ring (bicyclic) bond motifs is 2. The van der Waals surface area contributed by atoms with Gasteiger partial charge in [0.2, 0.25) is 5.75 Å². The SMILES string of the molecule is COc1c(C(=O)/C=C/c2ccc3ccccc3n2)c(O)c(OC)c2occc12. The highest BCUT2D eigenvalue weighted by atomic mass is 16.5. The number of aromatic nitrogens is 1. The number of phenolic OH excluding ortho intramolecular Hbond substituents is 1. The Morgan fingerprint density at radius 3 is 2.64 bits per heavy atom. The van der Waals surface area contributed by atoms with Crippen LogP contribution in [0.4, 0.5) is 0 Å². The maximum Gasteiger partial charge on any atom is 0.205 e. The summed E-state index contributed by atoms with van der Waals surface area (Å²) < 4.78 is 16.0. The topological polar surface area (TPSA) is 81.8 Å². The summed E-state index contributed by atoms with van der Waals surface area (Å²) in [6, 6.07) is 13.1. The Hall–Kier alpha value is -3.80. The summed E-state index contributed by atoms with van der Waals surface area (Å²) in [7, 11) is 2.83. The number of methoxy groups -OCH3 is 2. The third-order valence-electron chi connectivity index (χ3n) is 4.48. The molecule has 0 bridgehead atoms. The van der Waals surface area contributed by atoms with E-state index in [2.05, 4.69) is 4.98 Å². The van der Waals surface area contributed by atoms with Gasteiger partial charge in [0.15, 0.2) is 17.1 Å². The first-order valence-electron chi connectivity index (χ1n) is 8.56. The van der Waals surface area contributed by atoms with Gasteiger partial charge >= 0.3 is 0 Å². The minimum Gasteiger partial charge on any atom is -0.504 e. The quantitative estimate of drug-likeness (QED) is 0.405. The molecule has 0 saturated carbocycles. The molecule has 0 fully saturated rings. The van der Waals surface area contributed by atoms with E-state index in [0.29, 0.717) is 16.7 Å². The van der Waals surface area contributed by atoms with Crippen molar-refractivity contribution >= 4 is 33.7 Å². The van der Waals surface area contributed by atoms with E-state index in [1.807, 2.05) is 36.4 Å². The number of carbonyl (C=O) groups excluding carboxylic acids is 1. The first-order chi connectivity index (χ1) is 13.6. The van der Waals surface area contributed by atoms with Gasteiger partial charge in [0.25, 0.3) is 0 Å². The average molecular weight is 375 g/mol. The molecule has 2 heterocycles. The predicted octanol–water partition coefficient (Wildman–Crippen LogP) is 4.60. The molecule has 0 atom stereocenters. The molecule has 0 aliphatic rings. The Labute approximate surface area is 160 Å². The Morgan fingerprint density at radius 1 is 1.07 bits per heavy atom. The molecule has 4 aromatic rings. The summed E-state index contributed by atoms with van der Waals surface area (Å²) in [6.45, 7) is 0. The van der Waals surface area contributed by atoms with Crippen molar-refractivity contribution in [1.82, 2.24) is 4.98 Å². The molecule has 6 heteroatoms. The number of para-hydroxylation sites is 1. The molecule has 2 aromatic heterocycles. The van der Waals surface area contributed by atoms with Gasteiger partial charge in [-0.3, -0.25) is 4.79 Å². The normalized spacial score (nSPS) is 11.4. The monoisotopic (exact) mass is 375 g/mol. The van der Waals surface area contributed by atoms with Gasteiger partial charge in [0.1, 0.15) is 11.3 Å². The van der Waals surface area contributed by atoms with Gasteiger partial charge < -0.3 is 19.0 Å². The summed E-state index contributed by atoms with van der Waals surface area (Å²) in [4.78, 5) is 17.4. The molecule has 0 spiro atoms. The van der Waals surface area contributed by atoms with Crippen molar-refractivity contribution in [1.29, 1.82) is 0 Å². The number of allylic oxidation sites excluding steroid dienone is 1. The van der Waals surface area contributed by atoms with Crippen molar-refractivity contribution in [3.63, 3.8) is 0 Å². The molecule has 1 N–H and O–H groups in total. The zero-order valence-corrected chi connectivity index (χ0v) is 15.3. The lowest BCUT2D eigenvalue weighted by Gasteiger charge is -2.12. The van der Waals surface area contributed by atoms with Crippen molar-refractivity contribution in [3.8, 4) is 17.2 Å². The van der Waals surface area contributed by atoms with Crippen LogP contribution in [0.1, 0.15) is 16.1 Å². The van der Waals surface area contributed by atoms with Gasteiger partial charge in [0.05, 0.1) is 37.1 Å². The Kier molecular flexibility index (Phi) is 4.45. The van der Waals surface area contributed by atoms with Crippen LogP contribution in [0.25, 0.3) is 27.9 Å². The zero-order valence-electron chi connectivity index (χ0n) is 15.3. The first-order valence-corrected chi connectivity index (χ1v) is 8.56. The molecule has 0 unspecified atom stereocenters.